The molecule has 0 radical (unpaired) electrons. The van der Waals surface area contributed by atoms with E-state index in [0.717, 1.165) is 5.82 Å². The molecule has 2 rings (SSSR count). The van der Waals surface area contributed by atoms with Gasteiger partial charge in [0.2, 0.25) is 5.95 Å². The van der Waals surface area contributed by atoms with E-state index >= 15 is 0 Å². The maximum atomic E-state index is 5.66. The summed E-state index contributed by atoms with van der Waals surface area (Å²) in [7, 11) is 0. The third kappa shape index (κ3) is 3.06. The van der Waals surface area contributed by atoms with Gasteiger partial charge in [0.25, 0.3) is 0 Å². The van der Waals surface area contributed by atoms with Crippen LogP contribution in [0.25, 0.3) is 0 Å². The molecule has 16 heavy (non-hydrogen) atoms. The van der Waals surface area contributed by atoms with Crippen LogP contribution in [0.15, 0.2) is 12.3 Å². The summed E-state index contributed by atoms with van der Waals surface area (Å²) in [5.74, 6) is 1.54. The Morgan fingerprint density at radius 2 is 2.38 bits per heavy atom. The van der Waals surface area contributed by atoms with E-state index in [4.69, 9.17) is 5.73 Å². The molecule has 5 nitrogen and oxygen atoms in total. The van der Waals surface area contributed by atoms with E-state index < -0.39 is 0 Å². The summed E-state index contributed by atoms with van der Waals surface area (Å²) in [4.78, 5) is 8.52. The van der Waals surface area contributed by atoms with Crippen LogP contribution in [0.2, 0.25) is 0 Å². The molecule has 1 atom stereocenters. The molecular weight excluding hydrogens is 202 g/mol. The number of anilines is 2. The molecule has 1 saturated carbocycles. The molecule has 0 saturated heterocycles. The smallest absolute Gasteiger partial charge is 0.224 e. The van der Waals surface area contributed by atoms with Crippen LogP contribution in [0.5, 0.6) is 0 Å². The van der Waals surface area contributed by atoms with Crippen LogP contribution in [-0.2, 0) is 0 Å². The molecule has 1 aromatic rings. The molecule has 0 aromatic carbocycles. The summed E-state index contributed by atoms with van der Waals surface area (Å²) in [6.07, 6.45) is 5.56. The van der Waals surface area contributed by atoms with Crippen molar-refractivity contribution in [3.63, 3.8) is 0 Å². The monoisotopic (exact) mass is 221 g/mol. The summed E-state index contributed by atoms with van der Waals surface area (Å²) in [6.45, 7) is 2.64. The number of nitrogens with two attached hydrogens (primary N) is 1. The van der Waals surface area contributed by atoms with Crippen molar-refractivity contribution in [2.75, 3.05) is 17.2 Å². The van der Waals surface area contributed by atoms with Crippen LogP contribution >= 0.6 is 0 Å². The minimum atomic E-state index is 0.104. The van der Waals surface area contributed by atoms with Gasteiger partial charge in [-0.25, -0.2) is 4.98 Å². The van der Waals surface area contributed by atoms with Crippen LogP contribution in [0.3, 0.4) is 0 Å². The first-order valence-electron chi connectivity index (χ1n) is 5.83. The lowest BCUT2D eigenvalue weighted by Crippen LogP contribution is -2.28. The Hall–Kier alpha value is -1.36. The van der Waals surface area contributed by atoms with Gasteiger partial charge in [-0.15, -0.1) is 0 Å². The predicted octanol–water partition coefficient (Wildman–Crippen LogP) is 1.20. The number of rotatable bonds is 5. The Balaban J connectivity index is 1.90. The highest BCUT2D eigenvalue weighted by molar-refractivity contribution is 5.40. The van der Waals surface area contributed by atoms with Gasteiger partial charge < -0.3 is 16.4 Å². The van der Waals surface area contributed by atoms with Gasteiger partial charge in [0.05, 0.1) is 0 Å². The molecule has 5 heteroatoms. The van der Waals surface area contributed by atoms with E-state index in [1.54, 1.807) is 6.20 Å². The first-order chi connectivity index (χ1) is 7.74. The van der Waals surface area contributed by atoms with Crippen LogP contribution < -0.4 is 16.4 Å². The third-order valence-electron chi connectivity index (χ3n) is 2.69. The molecule has 0 amide bonds. The highest BCUT2D eigenvalue weighted by atomic mass is 15.1. The van der Waals surface area contributed by atoms with Crippen molar-refractivity contribution in [1.82, 2.24) is 9.97 Å². The van der Waals surface area contributed by atoms with Gasteiger partial charge in [0.15, 0.2) is 0 Å². The van der Waals surface area contributed by atoms with Crippen molar-refractivity contribution in [3.05, 3.63) is 12.3 Å². The predicted molar refractivity (Wildman–Crippen MR) is 65.4 cm³/mol. The molecule has 1 aliphatic rings. The lowest BCUT2D eigenvalue weighted by molar-refractivity contribution is 0.444. The fraction of sp³-hybridized carbons (Fsp3) is 0.636. The molecule has 1 unspecified atom stereocenters. The minimum Gasteiger partial charge on any atom is -0.367 e. The van der Waals surface area contributed by atoms with E-state index in [1.165, 1.54) is 19.3 Å². The highest BCUT2D eigenvalue weighted by Crippen LogP contribution is 2.22. The molecule has 1 fully saturated rings. The standard InChI is InChI=1S/C11H19N5/c1-8(12)7-14-11-13-6-5-10(16-11)15-9-3-2-4-9/h5-6,8-9H,2-4,7,12H2,1H3,(H2,13,14,15,16). The van der Waals surface area contributed by atoms with Gasteiger partial charge in [-0.2, -0.15) is 4.98 Å². The zero-order chi connectivity index (χ0) is 11.4. The normalized spacial score (nSPS) is 17.6. The van der Waals surface area contributed by atoms with Crippen molar-refractivity contribution in [2.24, 2.45) is 5.73 Å². The SMILES string of the molecule is CC(N)CNc1nccc(NC2CCC2)n1. The van der Waals surface area contributed by atoms with Gasteiger partial charge in [-0.1, -0.05) is 0 Å². The van der Waals surface area contributed by atoms with E-state index in [0.29, 0.717) is 18.5 Å². The number of hydrogen-bond donors (Lipinski definition) is 3. The van der Waals surface area contributed by atoms with Gasteiger partial charge in [0, 0.05) is 24.8 Å². The lowest BCUT2D eigenvalue weighted by atomic mass is 9.93. The molecule has 0 bridgehead atoms. The van der Waals surface area contributed by atoms with Gasteiger partial charge in [-0.05, 0) is 32.3 Å². The Kier molecular flexibility index (Phi) is 3.56. The van der Waals surface area contributed by atoms with Crippen molar-refractivity contribution in [1.29, 1.82) is 0 Å². The third-order valence-corrected chi connectivity index (χ3v) is 2.69. The van der Waals surface area contributed by atoms with Crippen molar-refractivity contribution in [2.45, 2.75) is 38.3 Å². The van der Waals surface area contributed by atoms with E-state index in [-0.39, 0.29) is 6.04 Å². The van der Waals surface area contributed by atoms with Gasteiger partial charge in [0.1, 0.15) is 5.82 Å². The maximum Gasteiger partial charge on any atom is 0.224 e. The molecule has 4 N–H and O–H groups in total. The van der Waals surface area contributed by atoms with Crippen LogP contribution in [0.1, 0.15) is 26.2 Å². The lowest BCUT2D eigenvalue weighted by Gasteiger charge is -2.26. The van der Waals surface area contributed by atoms with Gasteiger partial charge in [-0.3, -0.25) is 0 Å². The minimum absolute atomic E-state index is 0.104. The first-order valence-corrected chi connectivity index (χ1v) is 5.83. The number of aromatic nitrogens is 2. The number of nitrogens with one attached hydrogen (secondary N) is 2. The molecule has 1 aliphatic carbocycles. The second-order valence-electron chi connectivity index (χ2n) is 4.40. The molecule has 0 aliphatic heterocycles. The average molecular weight is 221 g/mol. The fourth-order valence-corrected chi connectivity index (χ4v) is 1.54. The molecule has 88 valence electrons. The van der Waals surface area contributed by atoms with E-state index in [1.807, 2.05) is 13.0 Å². The second kappa shape index (κ2) is 5.12. The van der Waals surface area contributed by atoms with Crippen LogP contribution in [0.4, 0.5) is 11.8 Å². The van der Waals surface area contributed by atoms with Crippen LogP contribution in [-0.4, -0.2) is 28.6 Å². The maximum absolute atomic E-state index is 5.66. The fourth-order valence-electron chi connectivity index (χ4n) is 1.54. The zero-order valence-electron chi connectivity index (χ0n) is 9.61. The summed E-state index contributed by atoms with van der Waals surface area (Å²) in [5.41, 5.74) is 5.66. The highest BCUT2D eigenvalue weighted by Gasteiger charge is 2.17. The number of nitrogens with zero attached hydrogens (tertiary/aromatic N) is 2. The first kappa shape index (κ1) is 11.1. The second-order valence-corrected chi connectivity index (χ2v) is 4.40. The molecular formula is C11H19N5. The molecule has 0 spiro atoms. The Morgan fingerprint density at radius 1 is 1.56 bits per heavy atom. The summed E-state index contributed by atoms with van der Waals surface area (Å²) in [5, 5.41) is 6.49. The van der Waals surface area contributed by atoms with Crippen molar-refractivity contribution in [3.8, 4) is 0 Å². The Bertz CT molecular complexity index is 335. The average Bonchev–Trinajstić information content (AvgIpc) is 2.21. The van der Waals surface area contributed by atoms with Crippen molar-refractivity contribution >= 4 is 11.8 Å². The Morgan fingerprint density at radius 3 is 3.00 bits per heavy atom. The quantitative estimate of drug-likeness (QED) is 0.696. The van der Waals surface area contributed by atoms with E-state index in [9.17, 15) is 0 Å². The molecule has 1 heterocycles. The summed E-state index contributed by atoms with van der Waals surface area (Å²) in [6, 6.07) is 2.60. The largest absolute Gasteiger partial charge is 0.367 e. The van der Waals surface area contributed by atoms with Gasteiger partial charge >= 0.3 is 0 Å². The Labute approximate surface area is 95.9 Å². The summed E-state index contributed by atoms with van der Waals surface area (Å²) < 4.78 is 0. The van der Waals surface area contributed by atoms with E-state index in [2.05, 4.69) is 20.6 Å². The molecule has 1 aromatic heterocycles. The topological polar surface area (TPSA) is 75.9 Å². The number of hydrogen-bond acceptors (Lipinski definition) is 5. The van der Waals surface area contributed by atoms with Crippen LogP contribution in [0, 0.1) is 0 Å². The summed E-state index contributed by atoms with van der Waals surface area (Å²) >= 11 is 0. The van der Waals surface area contributed by atoms with Crippen molar-refractivity contribution < 1.29 is 0 Å². The zero-order valence-corrected chi connectivity index (χ0v) is 9.61.